The number of amides is 1. The molecule has 4 rings (SSSR count). The Bertz CT molecular complexity index is 1220. The lowest BCUT2D eigenvalue weighted by atomic mass is 10.2. The third-order valence-corrected chi connectivity index (χ3v) is 5.07. The lowest BCUT2D eigenvalue weighted by Crippen LogP contribution is -2.31. The van der Waals surface area contributed by atoms with Crippen molar-refractivity contribution in [1.82, 2.24) is 15.1 Å². The van der Waals surface area contributed by atoms with Crippen molar-refractivity contribution in [3.05, 3.63) is 88.9 Å². The Morgan fingerprint density at radius 3 is 2.61 bits per heavy atom. The van der Waals surface area contributed by atoms with E-state index in [1.54, 1.807) is 29.2 Å². The topological polar surface area (TPSA) is 81.6 Å². The molecule has 0 fully saturated rings. The van der Waals surface area contributed by atoms with E-state index in [-0.39, 0.29) is 42.4 Å². The largest absolute Gasteiger partial charge is 0.486 e. The average molecular weight is 470 g/mol. The third-order valence-electron chi connectivity index (χ3n) is 4.75. The van der Waals surface area contributed by atoms with Crippen LogP contribution in [-0.4, -0.2) is 27.5 Å². The monoisotopic (exact) mass is 469 g/mol. The van der Waals surface area contributed by atoms with Gasteiger partial charge in [0, 0.05) is 6.54 Å². The van der Waals surface area contributed by atoms with Gasteiger partial charge in [-0.15, -0.1) is 10.2 Å². The van der Waals surface area contributed by atoms with E-state index in [9.17, 15) is 9.18 Å². The number of halogens is 2. The van der Waals surface area contributed by atoms with E-state index in [2.05, 4.69) is 10.2 Å². The number of rotatable bonds is 9. The molecule has 0 bridgehead atoms. The van der Waals surface area contributed by atoms with Crippen LogP contribution in [0.3, 0.4) is 0 Å². The van der Waals surface area contributed by atoms with E-state index < -0.39 is 0 Å². The number of furan rings is 1. The van der Waals surface area contributed by atoms with Gasteiger partial charge in [0.2, 0.25) is 11.8 Å². The van der Waals surface area contributed by atoms with E-state index in [0.29, 0.717) is 28.6 Å². The summed E-state index contributed by atoms with van der Waals surface area (Å²) in [5, 5.41) is 8.61. The maximum Gasteiger partial charge on any atom is 0.290 e. The minimum Gasteiger partial charge on any atom is -0.486 e. The average Bonchev–Trinajstić information content (AvgIpc) is 3.48. The molecule has 33 heavy (non-hydrogen) atoms. The molecule has 170 valence electrons. The fourth-order valence-electron chi connectivity index (χ4n) is 3.16. The first-order chi connectivity index (χ1) is 16.0. The van der Waals surface area contributed by atoms with Crippen LogP contribution in [0.5, 0.6) is 5.75 Å². The summed E-state index contributed by atoms with van der Waals surface area (Å²) in [7, 11) is 0. The highest BCUT2D eigenvalue weighted by molar-refractivity contribution is 6.33. The smallest absolute Gasteiger partial charge is 0.290 e. The van der Waals surface area contributed by atoms with Crippen molar-refractivity contribution in [3.8, 4) is 17.2 Å². The predicted molar refractivity (Wildman–Crippen MR) is 119 cm³/mol. The minimum atomic E-state index is -0.343. The second-order valence-corrected chi connectivity index (χ2v) is 7.62. The SMILES string of the molecule is CCCN(Cc1nnc(-c2ccccc2Cl)o1)C(=O)c1ccc(COc2ccc(F)cc2)o1. The Morgan fingerprint density at radius 2 is 1.85 bits per heavy atom. The van der Waals surface area contributed by atoms with Crippen LogP contribution in [0.25, 0.3) is 11.5 Å². The molecule has 7 nitrogen and oxygen atoms in total. The van der Waals surface area contributed by atoms with Crippen molar-refractivity contribution in [2.45, 2.75) is 26.5 Å². The molecule has 0 unspecified atom stereocenters. The van der Waals surface area contributed by atoms with E-state index >= 15 is 0 Å². The molecular weight excluding hydrogens is 449 g/mol. The van der Waals surface area contributed by atoms with Gasteiger partial charge < -0.3 is 18.5 Å². The van der Waals surface area contributed by atoms with Crippen LogP contribution in [0, 0.1) is 5.82 Å². The highest BCUT2D eigenvalue weighted by atomic mass is 35.5. The van der Waals surface area contributed by atoms with Gasteiger partial charge in [0.25, 0.3) is 5.91 Å². The molecule has 0 saturated heterocycles. The zero-order valence-corrected chi connectivity index (χ0v) is 18.6. The highest BCUT2D eigenvalue weighted by Crippen LogP contribution is 2.26. The van der Waals surface area contributed by atoms with Crippen molar-refractivity contribution < 1.29 is 22.8 Å². The van der Waals surface area contributed by atoms with Crippen molar-refractivity contribution in [2.24, 2.45) is 0 Å². The number of carbonyl (C=O) groups is 1. The summed E-state index contributed by atoms with van der Waals surface area (Å²) >= 11 is 6.20. The lowest BCUT2D eigenvalue weighted by molar-refractivity contribution is 0.0692. The first kappa shape index (κ1) is 22.5. The second-order valence-electron chi connectivity index (χ2n) is 7.22. The standard InChI is InChI=1S/C24H21ClFN3O4/c1-2-13-29(14-22-27-28-23(33-22)19-5-3-4-6-20(19)25)24(30)21-12-11-18(32-21)15-31-17-9-7-16(26)8-10-17/h3-12H,2,13-15H2,1H3. The van der Waals surface area contributed by atoms with Crippen molar-refractivity contribution in [1.29, 1.82) is 0 Å². The molecule has 0 radical (unpaired) electrons. The summed E-state index contributed by atoms with van der Waals surface area (Å²) in [6.45, 7) is 2.68. The Balaban J connectivity index is 1.42. The fraction of sp³-hybridized carbons (Fsp3) is 0.208. The number of aromatic nitrogens is 2. The number of hydrogen-bond acceptors (Lipinski definition) is 6. The van der Waals surface area contributed by atoms with E-state index in [0.717, 1.165) is 6.42 Å². The molecule has 0 aliphatic rings. The van der Waals surface area contributed by atoms with Gasteiger partial charge in [0.1, 0.15) is 23.9 Å². The van der Waals surface area contributed by atoms with Gasteiger partial charge in [0.05, 0.1) is 17.1 Å². The van der Waals surface area contributed by atoms with Gasteiger partial charge in [-0.1, -0.05) is 30.7 Å². The van der Waals surface area contributed by atoms with Gasteiger partial charge in [-0.25, -0.2) is 4.39 Å². The normalized spacial score (nSPS) is 10.9. The summed E-state index contributed by atoms with van der Waals surface area (Å²) in [5.41, 5.74) is 0.628. The predicted octanol–water partition coefficient (Wildman–Crippen LogP) is 5.75. The van der Waals surface area contributed by atoms with Crippen LogP contribution >= 0.6 is 11.6 Å². The molecule has 0 N–H and O–H groups in total. The Labute approximate surface area is 194 Å². The molecule has 2 heterocycles. The van der Waals surface area contributed by atoms with Crippen molar-refractivity contribution in [3.63, 3.8) is 0 Å². The lowest BCUT2D eigenvalue weighted by Gasteiger charge is -2.18. The number of ether oxygens (including phenoxy) is 1. The molecule has 9 heteroatoms. The molecular formula is C24H21ClFN3O4. The molecule has 1 amide bonds. The van der Waals surface area contributed by atoms with Gasteiger partial charge in [-0.3, -0.25) is 4.79 Å². The van der Waals surface area contributed by atoms with Gasteiger partial charge in [-0.05, 0) is 55.0 Å². The second kappa shape index (κ2) is 10.3. The highest BCUT2D eigenvalue weighted by Gasteiger charge is 2.22. The van der Waals surface area contributed by atoms with Crippen LogP contribution < -0.4 is 4.74 Å². The van der Waals surface area contributed by atoms with Gasteiger partial charge >= 0.3 is 0 Å². The zero-order chi connectivity index (χ0) is 23.2. The number of hydrogen-bond donors (Lipinski definition) is 0. The summed E-state index contributed by atoms with van der Waals surface area (Å²) in [6.07, 6.45) is 0.735. The first-order valence-electron chi connectivity index (χ1n) is 10.4. The van der Waals surface area contributed by atoms with Crippen molar-refractivity contribution in [2.75, 3.05) is 6.54 Å². The molecule has 2 aromatic carbocycles. The van der Waals surface area contributed by atoms with Gasteiger partial charge in [-0.2, -0.15) is 0 Å². The van der Waals surface area contributed by atoms with Gasteiger partial charge in [0.15, 0.2) is 5.76 Å². The molecule has 0 spiro atoms. The van der Waals surface area contributed by atoms with E-state index in [4.69, 9.17) is 25.2 Å². The molecule has 0 aliphatic carbocycles. The maximum absolute atomic E-state index is 13.0. The molecule has 2 aromatic heterocycles. The summed E-state index contributed by atoms with van der Waals surface area (Å²) in [6, 6.07) is 16.1. The molecule has 4 aromatic rings. The van der Waals surface area contributed by atoms with Crippen molar-refractivity contribution >= 4 is 17.5 Å². The maximum atomic E-state index is 13.0. The van der Waals surface area contributed by atoms with Crippen LogP contribution in [0.1, 0.15) is 35.6 Å². The fourth-order valence-corrected chi connectivity index (χ4v) is 3.37. The summed E-state index contributed by atoms with van der Waals surface area (Å²) in [4.78, 5) is 14.6. The van der Waals surface area contributed by atoms with Crippen LogP contribution in [-0.2, 0) is 13.2 Å². The Hall–Kier alpha value is -3.65. The van der Waals surface area contributed by atoms with E-state index in [1.807, 2.05) is 19.1 Å². The summed E-state index contributed by atoms with van der Waals surface area (Å²) < 4.78 is 30.0. The molecule has 0 atom stereocenters. The molecule has 0 saturated carbocycles. The first-order valence-corrected chi connectivity index (χ1v) is 10.7. The minimum absolute atomic E-state index is 0.109. The summed E-state index contributed by atoms with van der Waals surface area (Å²) in [5.74, 6) is 1.08. The number of nitrogens with zero attached hydrogens (tertiary/aromatic N) is 3. The van der Waals surface area contributed by atoms with Crippen LogP contribution in [0.4, 0.5) is 4.39 Å². The van der Waals surface area contributed by atoms with Crippen LogP contribution in [0.2, 0.25) is 5.02 Å². The quantitative estimate of drug-likeness (QED) is 0.310. The number of carbonyl (C=O) groups excluding carboxylic acids is 1. The third kappa shape index (κ3) is 5.59. The zero-order valence-electron chi connectivity index (χ0n) is 17.8. The molecule has 0 aliphatic heterocycles. The van der Waals surface area contributed by atoms with E-state index in [1.165, 1.54) is 24.3 Å². The van der Waals surface area contributed by atoms with Crippen LogP contribution in [0.15, 0.2) is 69.5 Å². The Morgan fingerprint density at radius 1 is 1.06 bits per heavy atom. The Kier molecular flexibility index (Phi) is 7.04. The number of benzene rings is 2.